The average molecular weight is 365 g/mol. The first-order chi connectivity index (χ1) is 10.4. The summed E-state index contributed by atoms with van der Waals surface area (Å²) in [5.74, 6) is -3.12. The molecule has 1 heterocycles. The molecule has 2 N–H and O–H groups in total. The molecular weight excluding hydrogens is 345 g/mol. The van der Waals surface area contributed by atoms with Gasteiger partial charge >= 0.3 is 0 Å². The topological polar surface area (TPSA) is 41.1 Å². The van der Waals surface area contributed by atoms with E-state index in [4.69, 9.17) is 11.6 Å². The molecule has 128 valence electrons. The van der Waals surface area contributed by atoms with Gasteiger partial charge in [0, 0.05) is 23.4 Å². The van der Waals surface area contributed by atoms with Crippen molar-refractivity contribution < 1.29 is 13.6 Å². The van der Waals surface area contributed by atoms with Gasteiger partial charge < -0.3 is 5.32 Å². The van der Waals surface area contributed by atoms with Crippen molar-refractivity contribution in [1.82, 2.24) is 10.6 Å². The normalized spacial score (nSPS) is 24.4. The first-order valence-electron chi connectivity index (χ1n) is 7.55. The van der Waals surface area contributed by atoms with Gasteiger partial charge in [0.2, 0.25) is 5.91 Å². The summed E-state index contributed by atoms with van der Waals surface area (Å²) < 4.78 is 26.3. The molecule has 0 aromatic heterocycles. The number of nitrogens with one attached hydrogen (secondary N) is 2. The lowest BCUT2D eigenvalue weighted by molar-refractivity contribution is -0.123. The Kier molecular flexibility index (Phi) is 5.54. The van der Waals surface area contributed by atoms with Gasteiger partial charge in [-0.05, 0) is 30.5 Å². The van der Waals surface area contributed by atoms with Crippen molar-refractivity contribution in [1.29, 1.82) is 0 Å². The smallest absolute Gasteiger partial charge is 0.262 e. The lowest BCUT2D eigenvalue weighted by Crippen LogP contribution is -2.49. The van der Waals surface area contributed by atoms with Gasteiger partial charge in [0.15, 0.2) is 0 Å². The van der Waals surface area contributed by atoms with E-state index in [1.54, 1.807) is 0 Å². The fourth-order valence-electron chi connectivity index (χ4n) is 3.25. The van der Waals surface area contributed by atoms with Crippen LogP contribution in [0.25, 0.3) is 0 Å². The number of alkyl halides is 2. The number of amides is 1. The van der Waals surface area contributed by atoms with Crippen molar-refractivity contribution in [2.75, 3.05) is 13.1 Å². The Bertz CT molecular complexity index is 562. The quantitative estimate of drug-likeness (QED) is 0.860. The predicted octanol–water partition coefficient (Wildman–Crippen LogP) is 3.30. The van der Waals surface area contributed by atoms with Gasteiger partial charge in [0.25, 0.3) is 5.92 Å². The van der Waals surface area contributed by atoms with Crippen LogP contribution in [-0.4, -0.2) is 31.0 Å². The zero-order valence-electron chi connectivity index (χ0n) is 12.6. The van der Waals surface area contributed by atoms with Crippen molar-refractivity contribution in [2.24, 2.45) is 0 Å². The fourth-order valence-corrected chi connectivity index (χ4v) is 3.38. The van der Waals surface area contributed by atoms with E-state index in [-0.39, 0.29) is 23.7 Å². The molecule has 1 amide bonds. The van der Waals surface area contributed by atoms with Crippen molar-refractivity contribution in [3.63, 3.8) is 0 Å². The average Bonchev–Trinajstić information content (AvgIpc) is 2.79. The molecule has 7 heteroatoms. The van der Waals surface area contributed by atoms with Crippen LogP contribution in [0, 0.1) is 0 Å². The van der Waals surface area contributed by atoms with Crippen LogP contribution in [0.4, 0.5) is 8.78 Å². The van der Waals surface area contributed by atoms with E-state index >= 15 is 0 Å². The molecule has 1 aliphatic carbocycles. The highest BCUT2D eigenvalue weighted by atomic mass is 35.5. The van der Waals surface area contributed by atoms with Crippen molar-refractivity contribution in [3.8, 4) is 0 Å². The summed E-state index contributed by atoms with van der Waals surface area (Å²) in [5, 5.41) is 6.12. The predicted molar refractivity (Wildman–Crippen MR) is 88.6 cm³/mol. The molecule has 3 rings (SSSR count). The Balaban J connectivity index is 0.00000192. The van der Waals surface area contributed by atoms with E-state index in [0.717, 1.165) is 24.8 Å². The van der Waals surface area contributed by atoms with Crippen LogP contribution >= 0.6 is 24.0 Å². The van der Waals surface area contributed by atoms with Crippen LogP contribution in [-0.2, 0) is 10.2 Å². The van der Waals surface area contributed by atoms with Crippen molar-refractivity contribution in [3.05, 3.63) is 34.9 Å². The molecule has 2 fully saturated rings. The van der Waals surface area contributed by atoms with Crippen LogP contribution in [0.3, 0.4) is 0 Å². The molecule has 1 saturated heterocycles. The second-order valence-corrected chi connectivity index (χ2v) is 6.79. The fraction of sp³-hybridized carbons (Fsp3) is 0.562. The Morgan fingerprint density at radius 2 is 1.96 bits per heavy atom. The van der Waals surface area contributed by atoms with E-state index in [2.05, 4.69) is 10.6 Å². The summed E-state index contributed by atoms with van der Waals surface area (Å²) in [6.45, 7) is 0.0601. The Labute approximate surface area is 145 Å². The second kappa shape index (κ2) is 6.91. The Morgan fingerprint density at radius 1 is 1.30 bits per heavy atom. The third-order valence-electron chi connectivity index (χ3n) is 4.79. The lowest BCUT2D eigenvalue weighted by atomic mass is 9.64. The van der Waals surface area contributed by atoms with Crippen LogP contribution in [0.5, 0.6) is 0 Å². The molecule has 1 aromatic rings. The van der Waals surface area contributed by atoms with Crippen LogP contribution in [0.15, 0.2) is 24.3 Å². The molecule has 1 aromatic carbocycles. The maximum atomic E-state index is 13.2. The van der Waals surface area contributed by atoms with E-state index in [0.29, 0.717) is 11.6 Å². The molecule has 1 aliphatic heterocycles. The maximum Gasteiger partial charge on any atom is 0.262 e. The number of benzene rings is 1. The standard InChI is InChI=1S/C16H19ClF2N2O.ClH/c17-12-4-2-11(3-5-12)15(6-1-7-15)9-21-14(22)13-8-16(18,19)10-20-13;/h2-5,13,20H,1,6-10H2,(H,21,22);1H. The summed E-state index contributed by atoms with van der Waals surface area (Å²) in [6.07, 6.45) is 2.66. The Hall–Kier alpha value is -0.910. The molecule has 1 saturated carbocycles. The number of carbonyl (C=O) groups is 1. The second-order valence-electron chi connectivity index (χ2n) is 6.35. The molecule has 0 spiro atoms. The van der Waals surface area contributed by atoms with E-state index in [1.807, 2.05) is 24.3 Å². The third-order valence-corrected chi connectivity index (χ3v) is 5.05. The minimum absolute atomic E-state index is 0. The highest BCUT2D eigenvalue weighted by Gasteiger charge is 2.44. The molecule has 2 aliphatic rings. The Morgan fingerprint density at radius 3 is 2.43 bits per heavy atom. The summed E-state index contributed by atoms with van der Waals surface area (Å²) in [7, 11) is 0. The van der Waals surface area contributed by atoms with Gasteiger partial charge in [-0.15, -0.1) is 12.4 Å². The maximum absolute atomic E-state index is 13.2. The summed E-state index contributed by atoms with van der Waals surface area (Å²) >= 11 is 5.91. The zero-order valence-corrected chi connectivity index (χ0v) is 14.2. The number of hydrogen-bond donors (Lipinski definition) is 2. The minimum atomic E-state index is -2.79. The van der Waals surface area contributed by atoms with Gasteiger partial charge in [0.05, 0.1) is 12.6 Å². The van der Waals surface area contributed by atoms with Crippen LogP contribution in [0.2, 0.25) is 5.02 Å². The first kappa shape index (κ1) is 18.4. The molecule has 0 bridgehead atoms. The monoisotopic (exact) mass is 364 g/mol. The summed E-state index contributed by atoms with van der Waals surface area (Å²) in [6, 6.07) is 6.86. The highest BCUT2D eigenvalue weighted by molar-refractivity contribution is 6.30. The molecule has 3 nitrogen and oxygen atoms in total. The number of rotatable bonds is 4. The van der Waals surface area contributed by atoms with Gasteiger partial charge in [-0.3, -0.25) is 10.1 Å². The summed E-state index contributed by atoms with van der Waals surface area (Å²) in [5.41, 5.74) is 1.06. The van der Waals surface area contributed by atoms with E-state index in [9.17, 15) is 13.6 Å². The van der Waals surface area contributed by atoms with Crippen LogP contribution < -0.4 is 10.6 Å². The van der Waals surface area contributed by atoms with Crippen LogP contribution in [0.1, 0.15) is 31.2 Å². The molecule has 0 radical (unpaired) electrons. The summed E-state index contributed by atoms with van der Waals surface area (Å²) in [4.78, 5) is 12.1. The van der Waals surface area contributed by atoms with E-state index in [1.165, 1.54) is 0 Å². The van der Waals surface area contributed by atoms with Crippen molar-refractivity contribution in [2.45, 2.75) is 43.1 Å². The third kappa shape index (κ3) is 3.95. The van der Waals surface area contributed by atoms with Crippen molar-refractivity contribution >= 4 is 29.9 Å². The number of hydrogen-bond acceptors (Lipinski definition) is 2. The van der Waals surface area contributed by atoms with E-state index < -0.39 is 24.9 Å². The van der Waals surface area contributed by atoms with Gasteiger partial charge in [-0.2, -0.15) is 0 Å². The van der Waals surface area contributed by atoms with Gasteiger partial charge in [-0.25, -0.2) is 8.78 Å². The lowest BCUT2D eigenvalue weighted by Gasteiger charge is -2.42. The molecule has 1 unspecified atom stereocenters. The molecule has 1 atom stereocenters. The number of halogens is 4. The largest absolute Gasteiger partial charge is 0.354 e. The van der Waals surface area contributed by atoms with Gasteiger partial charge in [0.1, 0.15) is 0 Å². The minimum Gasteiger partial charge on any atom is -0.354 e. The van der Waals surface area contributed by atoms with Gasteiger partial charge in [-0.1, -0.05) is 30.2 Å². The highest BCUT2D eigenvalue weighted by Crippen LogP contribution is 2.43. The molecular formula is C16H20Cl2F2N2O. The number of carbonyl (C=O) groups excluding carboxylic acids is 1. The first-order valence-corrected chi connectivity index (χ1v) is 7.93. The SMILES string of the molecule is Cl.O=C(NCC1(c2ccc(Cl)cc2)CCC1)C1CC(F)(F)CN1. The zero-order chi connectivity index (χ0) is 15.8. The molecule has 23 heavy (non-hydrogen) atoms.